The number of anilines is 1. The quantitative estimate of drug-likeness (QED) is 0.514. The zero-order valence-electron chi connectivity index (χ0n) is 15.1. The standard InChI is InChI=1S/C22H18N2O4/c25-20(23-17-10-9-15-5-1-2-6-16(15)13-17)14-27-22(26)12-11-21-24-18-7-3-4-8-19(18)28-21/h1-10,13H,11-12,14H2,(H,23,25). The molecule has 3 aromatic carbocycles. The van der Waals surface area contributed by atoms with E-state index in [1.54, 1.807) is 0 Å². The van der Waals surface area contributed by atoms with Crippen LogP contribution in [0.1, 0.15) is 12.3 Å². The van der Waals surface area contributed by atoms with E-state index < -0.39 is 5.97 Å². The van der Waals surface area contributed by atoms with E-state index in [9.17, 15) is 9.59 Å². The van der Waals surface area contributed by atoms with Gasteiger partial charge in [0.15, 0.2) is 18.1 Å². The largest absolute Gasteiger partial charge is 0.456 e. The Morgan fingerprint density at radius 3 is 2.61 bits per heavy atom. The molecule has 0 aliphatic rings. The maximum absolute atomic E-state index is 12.0. The van der Waals surface area contributed by atoms with Crippen LogP contribution in [0, 0.1) is 0 Å². The van der Waals surface area contributed by atoms with E-state index in [0.717, 1.165) is 16.3 Å². The molecular formula is C22H18N2O4. The number of carbonyl (C=O) groups excluding carboxylic acids is 2. The highest BCUT2D eigenvalue weighted by Gasteiger charge is 2.11. The molecule has 1 heterocycles. The molecule has 0 saturated heterocycles. The summed E-state index contributed by atoms with van der Waals surface area (Å²) in [6, 6.07) is 20.9. The van der Waals surface area contributed by atoms with Crippen molar-refractivity contribution >= 4 is 39.4 Å². The minimum absolute atomic E-state index is 0.0933. The van der Waals surface area contributed by atoms with Crippen molar-refractivity contribution in [3.63, 3.8) is 0 Å². The summed E-state index contributed by atoms with van der Waals surface area (Å²) in [5.74, 6) is -0.389. The lowest BCUT2D eigenvalue weighted by atomic mass is 10.1. The maximum atomic E-state index is 12.0. The third-order valence-electron chi connectivity index (χ3n) is 4.28. The van der Waals surface area contributed by atoms with Gasteiger partial charge in [0.25, 0.3) is 5.91 Å². The second-order valence-corrected chi connectivity index (χ2v) is 6.35. The van der Waals surface area contributed by atoms with Crippen molar-refractivity contribution in [3.8, 4) is 0 Å². The molecule has 0 bridgehead atoms. The van der Waals surface area contributed by atoms with E-state index in [-0.39, 0.29) is 18.9 Å². The number of oxazole rings is 1. The Morgan fingerprint density at radius 1 is 0.964 bits per heavy atom. The summed E-state index contributed by atoms with van der Waals surface area (Å²) in [5, 5.41) is 4.85. The van der Waals surface area contributed by atoms with Crippen molar-refractivity contribution < 1.29 is 18.7 Å². The van der Waals surface area contributed by atoms with Crippen molar-refractivity contribution in [3.05, 3.63) is 72.6 Å². The van der Waals surface area contributed by atoms with Gasteiger partial charge in [0, 0.05) is 12.1 Å². The average Bonchev–Trinajstić information content (AvgIpc) is 3.14. The molecule has 0 spiro atoms. The number of hydrogen-bond acceptors (Lipinski definition) is 5. The first-order valence-electron chi connectivity index (χ1n) is 8.96. The third kappa shape index (κ3) is 4.17. The van der Waals surface area contributed by atoms with Crippen molar-refractivity contribution in [1.29, 1.82) is 0 Å². The molecule has 0 atom stereocenters. The van der Waals surface area contributed by atoms with Crippen LogP contribution < -0.4 is 5.32 Å². The second kappa shape index (κ2) is 7.92. The average molecular weight is 374 g/mol. The molecule has 6 heteroatoms. The number of nitrogens with one attached hydrogen (secondary N) is 1. The van der Waals surface area contributed by atoms with Crippen molar-refractivity contribution in [2.24, 2.45) is 0 Å². The van der Waals surface area contributed by atoms with E-state index in [0.29, 0.717) is 23.6 Å². The maximum Gasteiger partial charge on any atom is 0.306 e. The lowest BCUT2D eigenvalue weighted by molar-refractivity contribution is -0.147. The fourth-order valence-electron chi connectivity index (χ4n) is 2.92. The zero-order chi connectivity index (χ0) is 19.3. The number of aromatic nitrogens is 1. The Balaban J connectivity index is 1.26. The molecule has 4 rings (SSSR count). The normalized spacial score (nSPS) is 10.9. The number of rotatable bonds is 6. The van der Waals surface area contributed by atoms with E-state index in [1.165, 1.54) is 0 Å². The van der Waals surface area contributed by atoms with Gasteiger partial charge in [-0.3, -0.25) is 9.59 Å². The van der Waals surface area contributed by atoms with E-state index in [2.05, 4.69) is 10.3 Å². The molecule has 1 N–H and O–H groups in total. The van der Waals surface area contributed by atoms with E-state index in [1.807, 2.05) is 66.7 Å². The highest BCUT2D eigenvalue weighted by molar-refractivity contribution is 5.95. The molecule has 0 radical (unpaired) electrons. The van der Waals surface area contributed by atoms with Gasteiger partial charge in [-0.05, 0) is 35.0 Å². The van der Waals surface area contributed by atoms with Crippen LogP contribution in [0.2, 0.25) is 0 Å². The van der Waals surface area contributed by atoms with Crippen molar-refractivity contribution in [2.45, 2.75) is 12.8 Å². The highest BCUT2D eigenvalue weighted by Crippen LogP contribution is 2.19. The number of aryl methyl sites for hydroxylation is 1. The van der Waals surface area contributed by atoms with Crippen LogP contribution in [0.4, 0.5) is 5.69 Å². The summed E-state index contributed by atoms with van der Waals surface area (Å²) in [4.78, 5) is 28.2. The summed E-state index contributed by atoms with van der Waals surface area (Å²) in [7, 11) is 0. The van der Waals surface area contributed by atoms with Gasteiger partial charge in [-0.25, -0.2) is 4.98 Å². The number of hydrogen-bond donors (Lipinski definition) is 1. The summed E-state index contributed by atoms with van der Waals surface area (Å²) in [6.45, 7) is -0.334. The van der Waals surface area contributed by atoms with Crippen LogP contribution in [0.5, 0.6) is 0 Å². The Bertz CT molecular complexity index is 1120. The molecule has 0 aliphatic heterocycles. The van der Waals surface area contributed by atoms with Gasteiger partial charge in [0.05, 0.1) is 6.42 Å². The minimum atomic E-state index is -0.476. The van der Waals surface area contributed by atoms with Gasteiger partial charge < -0.3 is 14.5 Å². The van der Waals surface area contributed by atoms with Gasteiger partial charge in [-0.2, -0.15) is 0 Å². The number of nitrogens with zero attached hydrogens (tertiary/aromatic N) is 1. The van der Waals surface area contributed by atoms with E-state index >= 15 is 0 Å². The summed E-state index contributed by atoms with van der Waals surface area (Å²) < 4.78 is 10.6. The fraction of sp³-hybridized carbons (Fsp3) is 0.136. The Morgan fingerprint density at radius 2 is 1.75 bits per heavy atom. The summed E-state index contributed by atoms with van der Waals surface area (Å²) >= 11 is 0. The lowest BCUT2D eigenvalue weighted by Gasteiger charge is -2.07. The zero-order valence-corrected chi connectivity index (χ0v) is 15.1. The Hall–Kier alpha value is -3.67. The Kier molecular flexibility index (Phi) is 5.01. The predicted molar refractivity (Wildman–Crippen MR) is 106 cm³/mol. The van der Waals surface area contributed by atoms with Crippen LogP contribution >= 0.6 is 0 Å². The molecule has 1 amide bonds. The topological polar surface area (TPSA) is 81.4 Å². The molecule has 4 aromatic rings. The lowest BCUT2D eigenvalue weighted by Crippen LogP contribution is -2.21. The first-order chi connectivity index (χ1) is 13.7. The first kappa shape index (κ1) is 17.7. The monoisotopic (exact) mass is 374 g/mol. The van der Waals surface area contributed by atoms with Crippen molar-refractivity contribution in [2.75, 3.05) is 11.9 Å². The third-order valence-corrected chi connectivity index (χ3v) is 4.28. The summed E-state index contributed by atoms with van der Waals surface area (Å²) in [5.41, 5.74) is 2.09. The number of fused-ring (bicyclic) bond motifs is 2. The van der Waals surface area contributed by atoms with Gasteiger partial charge in [-0.1, -0.05) is 42.5 Å². The van der Waals surface area contributed by atoms with Crippen LogP contribution in [0.25, 0.3) is 21.9 Å². The fourth-order valence-corrected chi connectivity index (χ4v) is 2.92. The molecule has 0 saturated carbocycles. The SMILES string of the molecule is O=C(COC(=O)CCc1nc2ccccc2o1)Nc1ccc2ccccc2c1. The Labute approximate surface area is 161 Å². The number of para-hydroxylation sites is 2. The van der Waals surface area contributed by atoms with Gasteiger partial charge in [-0.15, -0.1) is 0 Å². The van der Waals surface area contributed by atoms with Crippen molar-refractivity contribution in [1.82, 2.24) is 4.98 Å². The number of benzene rings is 3. The molecule has 140 valence electrons. The second-order valence-electron chi connectivity index (χ2n) is 6.35. The van der Waals surface area contributed by atoms with Gasteiger partial charge in [0.1, 0.15) is 5.52 Å². The van der Waals surface area contributed by atoms with E-state index in [4.69, 9.17) is 9.15 Å². The molecule has 0 unspecified atom stereocenters. The van der Waals surface area contributed by atoms with Gasteiger partial charge in [0.2, 0.25) is 0 Å². The minimum Gasteiger partial charge on any atom is -0.456 e. The molecule has 0 fully saturated rings. The number of esters is 1. The molecule has 28 heavy (non-hydrogen) atoms. The number of amides is 1. The molecule has 0 aliphatic carbocycles. The molecular weight excluding hydrogens is 356 g/mol. The number of ether oxygens (including phenoxy) is 1. The van der Waals surface area contributed by atoms with Crippen LogP contribution in [-0.2, 0) is 20.7 Å². The first-order valence-corrected chi connectivity index (χ1v) is 8.96. The highest BCUT2D eigenvalue weighted by atomic mass is 16.5. The van der Waals surface area contributed by atoms with Crippen LogP contribution in [0.15, 0.2) is 71.1 Å². The van der Waals surface area contributed by atoms with Gasteiger partial charge >= 0.3 is 5.97 Å². The number of carbonyl (C=O) groups is 2. The van der Waals surface area contributed by atoms with Crippen LogP contribution in [0.3, 0.4) is 0 Å². The smallest absolute Gasteiger partial charge is 0.306 e. The van der Waals surface area contributed by atoms with Crippen LogP contribution in [-0.4, -0.2) is 23.5 Å². The predicted octanol–water partition coefficient (Wildman–Crippen LogP) is 4.10. The molecule has 1 aromatic heterocycles. The molecule has 6 nitrogen and oxygen atoms in total. The summed E-state index contributed by atoms with van der Waals surface area (Å²) in [6.07, 6.45) is 0.413.